The number of likely N-dealkylation sites (tertiary alicyclic amines) is 1. The molecule has 8 heteroatoms. The molecule has 1 aliphatic rings. The SMILES string of the molecule is Cn1cc(CN2CC[C@@](C)(O)[C@@H](NC(=O)c3ccc(F)cc3)[C@@H]2c2cccs2)cn1. The van der Waals surface area contributed by atoms with Gasteiger partial charge in [0.05, 0.1) is 23.9 Å². The molecule has 0 saturated carbocycles. The van der Waals surface area contributed by atoms with Gasteiger partial charge in [0.25, 0.3) is 5.91 Å². The van der Waals surface area contributed by atoms with Crippen molar-refractivity contribution in [3.05, 3.63) is 76.0 Å². The molecule has 2 N–H and O–H groups in total. The van der Waals surface area contributed by atoms with E-state index in [1.54, 1.807) is 22.9 Å². The average Bonchev–Trinajstić information content (AvgIpc) is 3.37. The number of aliphatic hydroxyl groups is 1. The molecule has 158 valence electrons. The standard InChI is InChI=1S/C22H25FN4O2S/c1-22(29)9-10-27(14-15-12-24-26(2)13-15)19(18-4-3-11-30-18)20(22)25-21(28)16-5-7-17(23)8-6-16/h3-8,11-13,19-20,29H,9-10,14H2,1-2H3,(H,25,28)/t19-,20-,22+/m0/s1. The normalized spacial score (nSPS) is 24.7. The van der Waals surface area contributed by atoms with Crippen LogP contribution in [-0.2, 0) is 13.6 Å². The highest BCUT2D eigenvalue weighted by Gasteiger charge is 2.46. The van der Waals surface area contributed by atoms with Crippen LogP contribution >= 0.6 is 11.3 Å². The molecule has 0 spiro atoms. The maximum atomic E-state index is 13.3. The highest BCUT2D eigenvalue weighted by molar-refractivity contribution is 7.10. The number of amides is 1. The largest absolute Gasteiger partial charge is 0.388 e. The second-order valence-corrected chi connectivity index (χ2v) is 9.00. The van der Waals surface area contributed by atoms with Crippen LogP contribution in [0, 0.1) is 5.82 Å². The van der Waals surface area contributed by atoms with Crippen LogP contribution < -0.4 is 5.32 Å². The molecule has 0 aliphatic carbocycles. The van der Waals surface area contributed by atoms with Crippen molar-refractivity contribution >= 4 is 17.2 Å². The van der Waals surface area contributed by atoms with Gasteiger partial charge in [-0.1, -0.05) is 6.07 Å². The Morgan fingerprint density at radius 3 is 2.77 bits per heavy atom. The van der Waals surface area contributed by atoms with E-state index in [-0.39, 0.29) is 11.9 Å². The zero-order valence-electron chi connectivity index (χ0n) is 17.0. The van der Waals surface area contributed by atoms with Crippen molar-refractivity contribution in [2.24, 2.45) is 7.05 Å². The van der Waals surface area contributed by atoms with E-state index in [1.807, 2.05) is 37.0 Å². The Morgan fingerprint density at radius 2 is 2.13 bits per heavy atom. The first kappa shape index (κ1) is 20.7. The minimum Gasteiger partial charge on any atom is -0.388 e. The molecule has 1 saturated heterocycles. The third-order valence-corrected chi connectivity index (χ3v) is 6.60. The van der Waals surface area contributed by atoms with Gasteiger partial charge >= 0.3 is 0 Å². The van der Waals surface area contributed by atoms with Gasteiger partial charge in [0.15, 0.2) is 0 Å². The fraction of sp³-hybridized carbons (Fsp3) is 0.364. The summed E-state index contributed by atoms with van der Waals surface area (Å²) < 4.78 is 15.0. The van der Waals surface area contributed by atoms with E-state index in [0.717, 1.165) is 10.4 Å². The summed E-state index contributed by atoms with van der Waals surface area (Å²) in [7, 11) is 1.88. The van der Waals surface area contributed by atoms with Crippen LogP contribution in [0.3, 0.4) is 0 Å². The molecule has 6 nitrogen and oxygen atoms in total. The number of hydrogen-bond acceptors (Lipinski definition) is 5. The smallest absolute Gasteiger partial charge is 0.251 e. The Bertz CT molecular complexity index is 1000. The molecular formula is C22H25FN4O2S. The summed E-state index contributed by atoms with van der Waals surface area (Å²) in [5, 5.41) is 20.5. The zero-order valence-corrected chi connectivity index (χ0v) is 17.8. The molecule has 1 amide bonds. The number of halogens is 1. The van der Waals surface area contributed by atoms with Gasteiger partial charge in [-0.05, 0) is 49.1 Å². The van der Waals surface area contributed by atoms with E-state index in [0.29, 0.717) is 25.1 Å². The summed E-state index contributed by atoms with van der Waals surface area (Å²) in [5.74, 6) is -0.722. The number of thiophene rings is 1. The van der Waals surface area contributed by atoms with E-state index in [4.69, 9.17) is 0 Å². The van der Waals surface area contributed by atoms with E-state index in [9.17, 15) is 14.3 Å². The van der Waals surface area contributed by atoms with Gasteiger partial charge in [0.2, 0.25) is 0 Å². The second kappa shape index (κ2) is 8.29. The van der Waals surface area contributed by atoms with E-state index in [1.165, 1.54) is 24.3 Å². The maximum absolute atomic E-state index is 13.3. The number of rotatable bonds is 5. The minimum absolute atomic E-state index is 0.196. The minimum atomic E-state index is -1.09. The lowest BCUT2D eigenvalue weighted by Gasteiger charge is -2.48. The molecule has 1 fully saturated rings. The van der Waals surface area contributed by atoms with Crippen molar-refractivity contribution in [2.75, 3.05) is 6.54 Å². The van der Waals surface area contributed by atoms with Crippen LogP contribution in [0.2, 0.25) is 0 Å². The lowest BCUT2D eigenvalue weighted by atomic mass is 9.81. The van der Waals surface area contributed by atoms with Crippen molar-refractivity contribution in [2.45, 2.75) is 37.6 Å². The van der Waals surface area contributed by atoms with Crippen LogP contribution in [-0.4, -0.2) is 43.9 Å². The number of benzene rings is 1. The predicted molar refractivity (Wildman–Crippen MR) is 114 cm³/mol. The van der Waals surface area contributed by atoms with E-state index in [2.05, 4.69) is 15.3 Å². The number of carbonyl (C=O) groups excluding carboxylic acids is 1. The number of aromatic nitrogens is 2. The van der Waals surface area contributed by atoms with Crippen molar-refractivity contribution in [1.29, 1.82) is 0 Å². The average molecular weight is 429 g/mol. The van der Waals surface area contributed by atoms with Gasteiger partial charge in [0, 0.05) is 42.3 Å². The highest BCUT2D eigenvalue weighted by Crippen LogP contribution is 2.39. The van der Waals surface area contributed by atoms with Gasteiger partial charge in [-0.3, -0.25) is 14.4 Å². The fourth-order valence-corrected chi connectivity index (χ4v) is 4.94. The Kier molecular flexibility index (Phi) is 5.73. The van der Waals surface area contributed by atoms with Crippen LogP contribution in [0.4, 0.5) is 4.39 Å². The Morgan fingerprint density at radius 1 is 1.37 bits per heavy atom. The van der Waals surface area contributed by atoms with Crippen LogP contribution in [0.1, 0.15) is 40.2 Å². The molecule has 0 bridgehead atoms. The third kappa shape index (κ3) is 4.30. The lowest BCUT2D eigenvalue weighted by molar-refractivity contribution is -0.0656. The van der Waals surface area contributed by atoms with Crippen molar-refractivity contribution in [1.82, 2.24) is 20.0 Å². The fourth-order valence-electron chi connectivity index (χ4n) is 4.04. The zero-order chi connectivity index (χ0) is 21.3. The molecule has 0 radical (unpaired) electrons. The molecule has 0 unspecified atom stereocenters. The number of nitrogens with one attached hydrogen (secondary N) is 1. The molecule has 2 aromatic heterocycles. The van der Waals surface area contributed by atoms with Crippen LogP contribution in [0.15, 0.2) is 54.2 Å². The number of hydrogen-bond donors (Lipinski definition) is 2. The van der Waals surface area contributed by atoms with Gasteiger partial charge in [-0.2, -0.15) is 5.10 Å². The van der Waals surface area contributed by atoms with Gasteiger partial charge in [-0.15, -0.1) is 11.3 Å². The van der Waals surface area contributed by atoms with Crippen molar-refractivity contribution in [3.63, 3.8) is 0 Å². The first-order valence-corrected chi connectivity index (χ1v) is 10.8. The van der Waals surface area contributed by atoms with E-state index >= 15 is 0 Å². The summed E-state index contributed by atoms with van der Waals surface area (Å²) in [6, 6.07) is 8.72. The molecule has 3 atom stereocenters. The Balaban J connectivity index is 1.65. The number of carbonyl (C=O) groups is 1. The summed E-state index contributed by atoms with van der Waals surface area (Å²) in [6.45, 7) is 3.12. The summed E-state index contributed by atoms with van der Waals surface area (Å²) in [5.41, 5.74) is 0.348. The topological polar surface area (TPSA) is 70.4 Å². The first-order chi connectivity index (χ1) is 14.3. The lowest BCUT2D eigenvalue weighted by Crippen LogP contribution is -2.62. The quantitative estimate of drug-likeness (QED) is 0.655. The molecule has 30 heavy (non-hydrogen) atoms. The van der Waals surface area contributed by atoms with Gasteiger partial charge in [-0.25, -0.2) is 4.39 Å². The van der Waals surface area contributed by atoms with Gasteiger partial charge < -0.3 is 10.4 Å². The number of piperidine rings is 1. The number of aryl methyl sites for hydroxylation is 1. The number of nitrogens with zero attached hydrogens (tertiary/aromatic N) is 3. The second-order valence-electron chi connectivity index (χ2n) is 8.02. The summed E-state index contributed by atoms with van der Waals surface area (Å²) >= 11 is 1.60. The Hall–Kier alpha value is -2.55. The highest BCUT2D eigenvalue weighted by atomic mass is 32.1. The maximum Gasteiger partial charge on any atom is 0.251 e. The van der Waals surface area contributed by atoms with Crippen LogP contribution in [0.5, 0.6) is 0 Å². The molecule has 4 rings (SSSR count). The van der Waals surface area contributed by atoms with Crippen LogP contribution in [0.25, 0.3) is 0 Å². The Labute approximate surface area is 179 Å². The summed E-state index contributed by atoms with van der Waals surface area (Å²) in [4.78, 5) is 16.3. The third-order valence-electron chi connectivity index (χ3n) is 5.66. The summed E-state index contributed by atoms with van der Waals surface area (Å²) in [6.07, 6.45) is 4.33. The van der Waals surface area contributed by atoms with Gasteiger partial charge in [0.1, 0.15) is 5.82 Å². The molecule has 1 aromatic carbocycles. The first-order valence-electron chi connectivity index (χ1n) is 9.87. The predicted octanol–water partition coefficient (Wildman–Crippen LogP) is 3.12. The van der Waals surface area contributed by atoms with Crippen molar-refractivity contribution in [3.8, 4) is 0 Å². The van der Waals surface area contributed by atoms with Crippen molar-refractivity contribution < 1.29 is 14.3 Å². The van der Waals surface area contributed by atoms with E-state index < -0.39 is 17.5 Å². The molecular weight excluding hydrogens is 403 g/mol. The molecule has 1 aliphatic heterocycles. The monoisotopic (exact) mass is 428 g/mol. The molecule has 3 aromatic rings. The molecule has 3 heterocycles.